The van der Waals surface area contributed by atoms with E-state index in [1.54, 1.807) is 6.07 Å². The second-order valence-corrected chi connectivity index (χ2v) is 2.60. The molecule has 62 valence electrons. The molecule has 3 heteroatoms. The molecule has 0 aliphatic carbocycles. The minimum atomic E-state index is -0.628. The van der Waals surface area contributed by atoms with Crippen molar-refractivity contribution in [3.63, 3.8) is 0 Å². The molecule has 1 aromatic carbocycles. The SMILES string of the molecule is Cc1cc(F)c(C)c(C#N)c1F. The maximum absolute atomic E-state index is 13.1. The number of rotatable bonds is 0. The van der Waals surface area contributed by atoms with Crippen molar-refractivity contribution in [2.75, 3.05) is 0 Å². The lowest BCUT2D eigenvalue weighted by Gasteiger charge is -2.03. The number of benzene rings is 1. The van der Waals surface area contributed by atoms with E-state index in [-0.39, 0.29) is 16.7 Å². The molecule has 0 heterocycles. The van der Waals surface area contributed by atoms with E-state index >= 15 is 0 Å². The zero-order chi connectivity index (χ0) is 9.30. The highest BCUT2D eigenvalue weighted by atomic mass is 19.1. The Labute approximate surface area is 69.2 Å². The number of nitrogens with zero attached hydrogens (tertiary/aromatic N) is 1. The fourth-order valence-electron chi connectivity index (χ4n) is 0.976. The molecule has 0 saturated heterocycles. The quantitative estimate of drug-likeness (QED) is 0.582. The van der Waals surface area contributed by atoms with Crippen LogP contribution < -0.4 is 0 Å². The first-order valence-corrected chi connectivity index (χ1v) is 3.43. The fourth-order valence-corrected chi connectivity index (χ4v) is 0.976. The van der Waals surface area contributed by atoms with Crippen LogP contribution in [-0.4, -0.2) is 0 Å². The lowest BCUT2D eigenvalue weighted by molar-refractivity contribution is 0.581. The molecule has 0 aliphatic rings. The van der Waals surface area contributed by atoms with Gasteiger partial charge in [0.1, 0.15) is 17.7 Å². The van der Waals surface area contributed by atoms with Crippen LogP contribution in [0.3, 0.4) is 0 Å². The lowest BCUT2D eigenvalue weighted by Crippen LogP contribution is -1.96. The van der Waals surface area contributed by atoms with Crippen LogP contribution in [0.4, 0.5) is 8.78 Å². The van der Waals surface area contributed by atoms with Gasteiger partial charge in [0, 0.05) is 5.56 Å². The molecule has 12 heavy (non-hydrogen) atoms. The number of hydrogen-bond acceptors (Lipinski definition) is 1. The summed E-state index contributed by atoms with van der Waals surface area (Å²) in [5.74, 6) is -1.16. The molecular weight excluding hydrogens is 160 g/mol. The van der Waals surface area contributed by atoms with Crippen molar-refractivity contribution < 1.29 is 8.78 Å². The first kappa shape index (κ1) is 8.66. The van der Waals surface area contributed by atoms with Crippen LogP contribution in [0.5, 0.6) is 0 Å². The monoisotopic (exact) mass is 167 g/mol. The third-order valence-corrected chi connectivity index (χ3v) is 1.75. The average molecular weight is 167 g/mol. The minimum Gasteiger partial charge on any atom is -0.207 e. The smallest absolute Gasteiger partial charge is 0.144 e. The second-order valence-electron chi connectivity index (χ2n) is 2.60. The van der Waals surface area contributed by atoms with Gasteiger partial charge >= 0.3 is 0 Å². The van der Waals surface area contributed by atoms with Gasteiger partial charge in [-0.2, -0.15) is 5.26 Å². The predicted octanol–water partition coefficient (Wildman–Crippen LogP) is 2.45. The van der Waals surface area contributed by atoms with E-state index < -0.39 is 11.6 Å². The summed E-state index contributed by atoms with van der Waals surface area (Å²) in [6.07, 6.45) is 0. The van der Waals surface area contributed by atoms with Gasteiger partial charge in [-0.25, -0.2) is 8.78 Å². The summed E-state index contributed by atoms with van der Waals surface area (Å²) in [5, 5.41) is 8.49. The first-order chi connectivity index (χ1) is 5.57. The average Bonchev–Trinajstić information content (AvgIpc) is 2.02. The van der Waals surface area contributed by atoms with Crippen molar-refractivity contribution in [1.29, 1.82) is 5.26 Å². The minimum absolute atomic E-state index is 0.0700. The first-order valence-electron chi connectivity index (χ1n) is 3.43. The van der Waals surface area contributed by atoms with E-state index in [9.17, 15) is 8.78 Å². The topological polar surface area (TPSA) is 23.8 Å². The highest BCUT2D eigenvalue weighted by Gasteiger charge is 2.12. The number of hydrogen-bond donors (Lipinski definition) is 0. The van der Waals surface area contributed by atoms with E-state index in [0.29, 0.717) is 0 Å². The molecule has 1 nitrogen and oxygen atoms in total. The molecule has 0 aromatic heterocycles. The molecular formula is C9H7F2N. The summed E-state index contributed by atoms with van der Waals surface area (Å²) < 4.78 is 25.9. The molecule has 0 radical (unpaired) electrons. The maximum atomic E-state index is 13.1. The maximum Gasteiger partial charge on any atom is 0.144 e. The zero-order valence-electron chi connectivity index (χ0n) is 6.78. The highest BCUT2D eigenvalue weighted by molar-refractivity contribution is 5.41. The number of aryl methyl sites for hydroxylation is 1. The van der Waals surface area contributed by atoms with E-state index in [1.807, 2.05) is 0 Å². The van der Waals surface area contributed by atoms with Crippen LogP contribution >= 0.6 is 0 Å². The van der Waals surface area contributed by atoms with Gasteiger partial charge in [-0.05, 0) is 25.5 Å². The van der Waals surface area contributed by atoms with Gasteiger partial charge in [0.15, 0.2) is 0 Å². The zero-order valence-corrected chi connectivity index (χ0v) is 6.78. The van der Waals surface area contributed by atoms with Crippen LogP contribution in [0.25, 0.3) is 0 Å². The molecule has 0 atom stereocenters. The van der Waals surface area contributed by atoms with Crippen molar-refractivity contribution in [2.24, 2.45) is 0 Å². The van der Waals surface area contributed by atoms with Crippen molar-refractivity contribution >= 4 is 0 Å². The molecule has 0 amide bonds. The van der Waals surface area contributed by atoms with Gasteiger partial charge in [0.2, 0.25) is 0 Å². The molecule has 0 N–H and O–H groups in total. The third kappa shape index (κ3) is 1.16. The van der Waals surface area contributed by atoms with Crippen molar-refractivity contribution in [3.8, 4) is 6.07 Å². The van der Waals surface area contributed by atoms with Gasteiger partial charge < -0.3 is 0 Å². The van der Waals surface area contributed by atoms with Gasteiger partial charge in [-0.3, -0.25) is 0 Å². The summed E-state index contributed by atoms with van der Waals surface area (Å²) in [6, 6.07) is 2.72. The van der Waals surface area contributed by atoms with Crippen molar-refractivity contribution in [1.82, 2.24) is 0 Å². The molecule has 0 bridgehead atoms. The predicted molar refractivity (Wildman–Crippen MR) is 40.5 cm³/mol. The van der Waals surface area contributed by atoms with Crippen LogP contribution in [0.15, 0.2) is 6.07 Å². The normalized spacial score (nSPS) is 9.58. The summed E-state index contributed by atoms with van der Waals surface area (Å²) in [5.41, 5.74) is 0.0303. The molecule has 0 saturated carbocycles. The molecule has 0 aliphatic heterocycles. The second kappa shape index (κ2) is 2.90. The van der Waals surface area contributed by atoms with Gasteiger partial charge in [-0.1, -0.05) is 0 Å². The van der Waals surface area contributed by atoms with Crippen molar-refractivity contribution in [2.45, 2.75) is 13.8 Å². The van der Waals surface area contributed by atoms with E-state index in [4.69, 9.17) is 5.26 Å². The summed E-state index contributed by atoms with van der Waals surface area (Å²) in [6.45, 7) is 2.81. The Hall–Kier alpha value is -1.43. The Bertz CT molecular complexity index is 338. The van der Waals surface area contributed by atoms with Crippen molar-refractivity contribution in [3.05, 3.63) is 34.4 Å². The molecule has 1 rings (SSSR count). The molecule has 0 spiro atoms. The standard InChI is InChI=1S/C9H7F2N/c1-5-3-8(10)6(2)7(4-12)9(5)11/h3H,1-2H3. The van der Waals surface area contributed by atoms with Crippen LogP contribution in [-0.2, 0) is 0 Å². The summed E-state index contributed by atoms with van der Waals surface area (Å²) in [7, 11) is 0. The van der Waals surface area contributed by atoms with Gasteiger partial charge in [0.05, 0.1) is 5.56 Å². The van der Waals surface area contributed by atoms with Gasteiger partial charge in [0.25, 0.3) is 0 Å². The Morgan fingerprint density at radius 3 is 2.42 bits per heavy atom. The Morgan fingerprint density at radius 1 is 1.33 bits per heavy atom. The Balaban J connectivity index is 3.56. The lowest BCUT2D eigenvalue weighted by atomic mass is 10.1. The molecule has 0 unspecified atom stereocenters. The molecule has 0 fully saturated rings. The van der Waals surface area contributed by atoms with Crippen LogP contribution in [0, 0.1) is 36.8 Å². The summed E-state index contributed by atoms with van der Waals surface area (Å²) in [4.78, 5) is 0. The number of halogens is 2. The highest BCUT2D eigenvalue weighted by Crippen LogP contribution is 2.18. The van der Waals surface area contributed by atoms with Crippen LogP contribution in [0.1, 0.15) is 16.7 Å². The largest absolute Gasteiger partial charge is 0.207 e. The fraction of sp³-hybridized carbons (Fsp3) is 0.222. The molecule has 1 aromatic rings. The Kier molecular flexibility index (Phi) is 2.09. The summed E-state index contributed by atoms with van der Waals surface area (Å²) >= 11 is 0. The van der Waals surface area contributed by atoms with E-state index in [2.05, 4.69) is 0 Å². The van der Waals surface area contributed by atoms with Gasteiger partial charge in [-0.15, -0.1) is 0 Å². The van der Waals surface area contributed by atoms with E-state index in [0.717, 1.165) is 6.07 Å². The van der Waals surface area contributed by atoms with Crippen LogP contribution in [0.2, 0.25) is 0 Å². The number of nitriles is 1. The Morgan fingerprint density at radius 2 is 1.92 bits per heavy atom. The third-order valence-electron chi connectivity index (χ3n) is 1.75. The van der Waals surface area contributed by atoms with E-state index in [1.165, 1.54) is 13.8 Å².